The van der Waals surface area contributed by atoms with E-state index in [0.29, 0.717) is 0 Å². The summed E-state index contributed by atoms with van der Waals surface area (Å²) in [4.78, 5) is 15.1. The standard InChI is InChI=1S/C47H31N3/c1-5-15-32(16-6-1)42-27-36(28-43(49-42)33-17-7-2-8-18-33)46-38-23-13-14-24-39(38)47(41-31-48-26-25-40(41)46)37-29-44(34-19-9-3-10-20-34)50-45(30-37)35-21-11-4-12-22-35/h1-31H. The number of hydrogen-bond donors (Lipinski definition) is 0. The minimum absolute atomic E-state index is 0.932. The van der Waals surface area contributed by atoms with Crippen molar-refractivity contribution in [3.63, 3.8) is 0 Å². The molecule has 3 heteroatoms. The summed E-state index contributed by atoms with van der Waals surface area (Å²) in [5.74, 6) is 0. The fourth-order valence-corrected chi connectivity index (χ4v) is 7.02. The van der Waals surface area contributed by atoms with Gasteiger partial charge >= 0.3 is 0 Å². The molecule has 0 unspecified atom stereocenters. The van der Waals surface area contributed by atoms with E-state index in [1.54, 1.807) is 0 Å². The van der Waals surface area contributed by atoms with E-state index < -0.39 is 0 Å². The van der Waals surface area contributed by atoms with E-state index in [-0.39, 0.29) is 0 Å². The second kappa shape index (κ2) is 12.7. The Hall–Kier alpha value is -6.71. The highest BCUT2D eigenvalue weighted by molar-refractivity contribution is 6.21. The molecule has 0 aliphatic carbocycles. The highest BCUT2D eigenvalue weighted by atomic mass is 14.7. The maximum atomic E-state index is 5.18. The molecule has 3 heterocycles. The van der Waals surface area contributed by atoms with Crippen LogP contribution in [0.3, 0.4) is 0 Å². The summed E-state index contributed by atoms with van der Waals surface area (Å²) in [6.45, 7) is 0. The van der Waals surface area contributed by atoms with Crippen LogP contribution in [0, 0.1) is 0 Å². The monoisotopic (exact) mass is 637 g/mol. The van der Waals surface area contributed by atoms with Gasteiger partial charge in [0.25, 0.3) is 0 Å². The van der Waals surface area contributed by atoms with Crippen LogP contribution in [-0.2, 0) is 0 Å². The first-order valence-corrected chi connectivity index (χ1v) is 16.9. The van der Waals surface area contributed by atoms with Gasteiger partial charge in [-0.3, -0.25) is 4.98 Å². The molecule has 3 aromatic heterocycles. The molecule has 9 rings (SSSR count). The number of aromatic nitrogens is 3. The Morgan fingerprint density at radius 3 is 0.980 bits per heavy atom. The molecule has 0 spiro atoms. The van der Waals surface area contributed by atoms with Crippen molar-refractivity contribution in [3.8, 4) is 67.3 Å². The zero-order valence-corrected chi connectivity index (χ0v) is 27.2. The van der Waals surface area contributed by atoms with E-state index in [4.69, 9.17) is 15.0 Å². The normalized spacial score (nSPS) is 11.2. The molecule has 50 heavy (non-hydrogen) atoms. The van der Waals surface area contributed by atoms with Crippen LogP contribution in [0.4, 0.5) is 0 Å². The predicted octanol–water partition coefficient (Wildman–Crippen LogP) is 12.2. The summed E-state index contributed by atoms with van der Waals surface area (Å²) in [6, 6.07) is 61.6. The number of nitrogens with zero attached hydrogens (tertiary/aromatic N) is 3. The molecule has 0 amide bonds. The van der Waals surface area contributed by atoms with Gasteiger partial charge in [-0.25, -0.2) is 9.97 Å². The molecule has 0 atom stereocenters. The molecular formula is C47H31N3. The second-order valence-electron chi connectivity index (χ2n) is 12.4. The number of hydrogen-bond acceptors (Lipinski definition) is 3. The van der Waals surface area contributed by atoms with Crippen LogP contribution in [0.1, 0.15) is 0 Å². The zero-order valence-electron chi connectivity index (χ0n) is 27.2. The average molecular weight is 638 g/mol. The molecule has 0 N–H and O–H groups in total. The Kier molecular flexibility index (Phi) is 7.49. The lowest BCUT2D eigenvalue weighted by atomic mass is 9.85. The first-order chi connectivity index (χ1) is 24.8. The van der Waals surface area contributed by atoms with E-state index in [2.05, 4.69) is 152 Å². The third kappa shape index (κ3) is 5.41. The van der Waals surface area contributed by atoms with Crippen LogP contribution < -0.4 is 0 Å². The summed E-state index contributed by atoms with van der Waals surface area (Å²) < 4.78 is 0. The van der Waals surface area contributed by atoms with Crippen molar-refractivity contribution >= 4 is 21.5 Å². The van der Waals surface area contributed by atoms with Gasteiger partial charge in [0.1, 0.15) is 0 Å². The zero-order chi connectivity index (χ0) is 33.3. The summed E-state index contributed by atoms with van der Waals surface area (Å²) in [5.41, 5.74) is 12.6. The van der Waals surface area contributed by atoms with Gasteiger partial charge < -0.3 is 0 Å². The Balaban J connectivity index is 1.35. The average Bonchev–Trinajstić information content (AvgIpc) is 3.21. The van der Waals surface area contributed by atoms with Crippen LogP contribution in [0.2, 0.25) is 0 Å². The van der Waals surface area contributed by atoms with Crippen molar-refractivity contribution in [3.05, 3.63) is 188 Å². The summed E-state index contributed by atoms with van der Waals surface area (Å²) >= 11 is 0. The second-order valence-corrected chi connectivity index (χ2v) is 12.4. The number of pyridine rings is 3. The largest absolute Gasteiger partial charge is 0.264 e. The number of rotatable bonds is 6. The molecule has 0 saturated heterocycles. The summed E-state index contributed by atoms with van der Waals surface area (Å²) in [7, 11) is 0. The van der Waals surface area contributed by atoms with Crippen molar-refractivity contribution in [2.45, 2.75) is 0 Å². The molecule has 0 aliphatic heterocycles. The number of benzene rings is 6. The molecule has 234 valence electrons. The van der Waals surface area contributed by atoms with Crippen molar-refractivity contribution in [2.75, 3.05) is 0 Å². The van der Waals surface area contributed by atoms with Crippen LogP contribution >= 0.6 is 0 Å². The van der Waals surface area contributed by atoms with Gasteiger partial charge in [0.2, 0.25) is 0 Å². The quantitative estimate of drug-likeness (QED) is 0.170. The Morgan fingerprint density at radius 1 is 0.280 bits per heavy atom. The molecule has 6 aromatic carbocycles. The van der Waals surface area contributed by atoms with E-state index in [1.165, 1.54) is 10.9 Å². The lowest BCUT2D eigenvalue weighted by molar-refractivity contribution is 1.32. The topological polar surface area (TPSA) is 38.7 Å². The number of fused-ring (bicyclic) bond motifs is 2. The van der Waals surface area contributed by atoms with Gasteiger partial charge in [-0.2, -0.15) is 0 Å². The van der Waals surface area contributed by atoms with Gasteiger partial charge in [0.05, 0.1) is 22.8 Å². The minimum atomic E-state index is 0.932. The molecule has 9 aromatic rings. The van der Waals surface area contributed by atoms with Crippen LogP contribution in [0.15, 0.2) is 188 Å². The van der Waals surface area contributed by atoms with Gasteiger partial charge in [0, 0.05) is 40.0 Å². The SMILES string of the molecule is c1ccc(-c2cc(-c3c4ccccc4c(-c4cc(-c5ccccc5)nc(-c5ccccc5)c4)c4cnccc34)cc(-c3ccccc3)n2)cc1. The Morgan fingerprint density at radius 2 is 0.600 bits per heavy atom. The molecule has 0 aliphatic rings. The van der Waals surface area contributed by atoms with Crippen molar-refractivity contribution < 1.29 is 0 Å². The lowest BCUT2D eigenvalue weighted by Gasteiger charge is -2.19. The van der Waals surface area contributed by atoms with Crippen LogP contribution in [0.5, 0.6) is 0 Å². The highest BCUT2D eigenvalue weighted by Gasteiger charge is 2.20. The smallest absolute Gasteiger partial charge is 0.0715 e. The van der Waals surface area contributed by atoms with E-state index >= 15 is 0 Å². The molecule has 0 fully saturated rings. The maximum Gasteiger partial charge on any atom is 0.0715 e. The molecular weight excluding hydrogens is 607 g/mol. The molecule has 0 bridgehead atoms. The van der Waals surface area contributed by atoms with E-state index in [1.807, 2.05) is 36.7 Å². The Labute approximate surface area is 291 Å². The van der Waals surface area contributed by atoms with E-state index in [0.717, 1.165) is 77.9 Å². The first kappa shape index (κ1) is 29.4. The minimum Gasteiger partial charge on any atom is -0.264 e. The first-order valence-electron chi connectivity index (χ1n) is 16.9. The van der Waals surface area contributed by atoms with Crippen molar-refractivity contribution in [1.82, 2.24) is 15.0 Å². The van der Waals surface area contributed by atoms with Crippen molar-refractivity contribution in [2.24, 2.45) is 0 Å². The highest BCUT2D eigenvalue weighted by Crippen LogP contribution is 2.45. The van der Waals surface area contributed by atoms with Gasteiger partial charge in [-0.1, -0.05) is 146 Å². The third-order valence-electron chi connectivity index (χ3n) is 9.33. The third-order valence-corrected chi connectivity index (χ3v) is 9.33. The predicted molar refractivity (Wildman–Crippen MR) is 207 cm³/mol. The fraction of sp³-hybridized carbons (Fsp3) is 0. The lowest BCUT2D eigenvalue weighted by Crippen LogP contribution is -1.96. The van der Waals surface area contributed by atoms with Crippen LogP contribution in [-0.4, -0.2) is 15.0 Å². The Bertz CT molecular complexity index is 2260. The van der Waals surface area contributed by atoms with Crippen molar-refractivity contribution in [1.29, 1.82) is 0 Å². The molecule has 0 radical (unpaired) electrons. The van der Waals surface area contributed by atoms with Gasteiger partial charge in [-0.05, 0) is 68.7 Å². The van der Waals surface area contributed by atoms with Gasteiger partial charge in [-0.15, -0.1) is 0 Å². The van der Waals surface area contributed by atoms with E-state index in [9.17, 15) is 0 Å². The summed E-state index contributed by atoms with van der Waals surface area (Å²) in [6.07, 6.45) is 3.92. The maximum absolute atomic E-state index is 5.18. The van der Waals surface area contributed by atoms with Gasteiger partial charge in [0.15, 0.2) is 0 Å². The molecule has 3 nitrogen and oxygen atoms in total. The van der Waals surface area contributed by atoms with Crippen LogP contribution in [0.25, 0.3) is 88.8 Å². The molecule has 0 saturated carbocycles. The fourth-order valence-electron chi connectivity index (χ4n) is 7.02. The summed E-state index contributed by atoms with van der Waals surface area (Å²) in [5, 5.41) is 4.55.